The Morgan fingerprint density at radius 1 is 1.33 bits per heavy atom. The zero-order valence-electron chi connectivity index (χ0n) is 9.77. The second-order valence-electron chi connectivity index (χ2n) is 4.30. The van der Waals surface area contributed by atoms with Gasteiger partial charge in [0.2, 0.25) is 5.95 Å². The van der Waals surface area contributed by atoms with Crippen molar-refractivity contribution in [2.24, 2.45) is 0 Å². The number of para-hydroxylation sites is 1. The van der Waals surface area contributed by atoms with Gasteiger partial charge in [0.15, 0.2) is 0 Å². The fourth-order valence-corrected chi connectivity index (χ4v) is 2.11. The SMILES string of the molecule is Fc1cc(NCC2Cc3ccccc3O2)ccn1. The zero-order chi connectivity index (χ0) is 12.4. The van der Waals surface area contributed by atoms with E-state index in [0.717, 1.165) is 17.9 Å². The lowest BCUT2D eigenvalue weighted by Crippen LogP contribution is -2.24. The minimum Gasteiger partial charge on any atom is -0.488 e. The van der Waals surface area contributed by atoms with E-state index in [2.05, 4.69) is 16.4 Å². The number of pyridine rings is 1. The van der Waals surface area contributed by atoms with Gasteiger partial charge in [-0.3, -0.25) is 0 Å². The fraction of sp³-hybridized carbons (Fsp3) is 0.214. The molecule has 0 fully saturated rings. The number of fused-ring (bicyclic) bond motifs is 1. The maximum atomic E-state index is 12.9. The number of ether oxygens (including phenoxy) is 1. The monoisotopic (exact) mass is 244 g/mol. The van der Waals surface area contributed by atoms with E-state index in [9.17, 15) is 4.39 Å². The summed E-state index contributed by atoms with van der Waals surface area (Å²) in [6.45, 7) is 0.651. The third-order valence-corrected chi connectivity index (χ3v) is 2.97. The summed E-state index contributed by atoms with van der Waals surface area (Å²) in [4.78, 5) is 3.51. The largest absolute Gasteiger partial charge is 0.488 e. The van der Waals surface area contributed by atoms with Gasteiger partial charge in [-0.25, -0.2) is 4.98 Å². The van der Waals surface area contributed by atoms with Crippen molar-refractivity contribution in [3.05, 3.63) is 54.1 Å². The molecule has 4 heteroatoms. The molecule has 1 atom stereocenters. The van der Waals surface area contributed by atoms with Crippen molar-refractivity contribution in [2.45, 2.75) is 12.5 Å². The molecule has 0 spiro atoms. The van der Waals surface area contributed by atoms with Crippen LogP contribution >= 0.6 is 0 Å². The van der Waals surface area contributed by atoms with Crippen molar-refractivity contribution in [3.63, 3.8) is 0 Å². The first-order valence-corrected chi connectivity index (χ1v) is 5.91. The number of benzene rings is 1. The van der Waals surface area contributed by atoms with Crippen LogP contribution in [0.1, 0.15) is 5.56 Å². The molecule has 0 saturated carbocycles. The number of halogens is 1. The zero-order valence-corrected chi connectivity index (χ0v) is 9.77. The maximum Gasteiger partial charge on any atom is 0.214 e. The van der Waals surface area contributed by atoms with Crippen LogP contribution < -0.4 is 10.1 Å². The van der Waals surface area contributed by atoms with Gasteiger partial charge < -0.3 is 10.1 Å². The van der Waals surface area contributed by atoms with Gasteiger partial charge in [0.1, 0.15) is 11.9 Å². The van der Waals surface area contributed by atoms with Crippen LogP contribution in [0.2, 0.25) is 0 Å². The van der Waals surface area contributed by atoms with Crippen LogP contribution in [0.5, 0.6) is 5.75 Å². The Morgan fingerprint density at radius 3 is 3.06 bits per heavy atom. The normalized spacial score (nSPS) is 17.1. The standard InChI is InChI=1S/C14H13FN2O/c15-14-8-11(5-6-16-14)17-9-12-7-10-3-1-2-4-13(10)18-12/h1-6,8,12H,7,9H2,(H,16,17). The molecule has 0 saturated heterocycles. The van der Waals surface area contributed by atoms with E-state index < -0.39 is 5.95 Å². The Bertz CT molecular complexity index is 534. The number of hydrogen-bond donors (Lipinski definition) is 1. The van der Waals surface area contributed by atoms with Crippen molar-refractivity contribution >= 4 is 5.69 Å². The summed E-state index contributed by atoms with van der Waals surface area (Å²) < 4.78 is 18.7. The molecule has 1 unspecified atom stereocenters. The van der Waals surface area contributed by atoms with Crippen molar-refractivity contribution in [2.75, 3.05) is 11.9 Å². The third kappa shape index (κ3) is 2.27. The topological polar surface area (TPSA) is 34.1 Å². The van der Waals surface area contributed by atoms with E-state index in [4.69, 9.17) is 4.74 Å². The van der Waals surface area contributed by atoms with Crippen molar-refractivity contribution < 1.29 is 9.13 Å². The van der Waals surface area contributed by atoms with E-state index in [0.29, 0.717) is 6.54 Å². The summed E-state index contributed by atoms with van der Waals surface area (Å²) in [5, 5.41) is 3.16. The molecule has 2 heterocycles. The van der Waals surface area contributed by atoms with Crippen LogP contribution in [-0.2, 0) is 6.42 Å². The molecule has 3 nitrogen and oxygen atoms in total. The Morgan fingerprint density at radius 2 is 2.22 bits per heavy atom. The quantitative estimate of drug-likeness (QED) is 0.843. The number of anilines is 1. The van der Waals surface area contributed by atoms with Gasteiger partial charge >= 0.3 is 0 Å². The summed E-state index contributed by atoms with van der Waals surface area (Å²) in [6, 6.07) is 11.1. The molecule has 1 aromatic heterocycles. The average molecular weight is 244 g/mol. The van der Waals surface area contributed by atoms with Crippen LogP contribution in [0.15, 0.2) is 42.6 Å². The molecule has 1 aliphatic rings. The second-order valence-corrected chi connectivity index (χ2v) is 4.30. The number of hydrogen-bond acceptors (Lipinski definition) is 3. The molecule has 1 N–H and O–H groups in total. The molecule has 1 aliphatic heterocycles. The molecule has 1 aromatic carbocycles. The second kappa shape index (κ2) is 4.64. The number of nitrogens with one attached hydrogen (secondary N) is 1. The van der Waals surface area contributed by atoms with Crippen LogP contribution in [0.3, 0.4) is 0 Å². The summed E-state index contributed by atoms with van der Waals surface area (Å²) in [5.41, 5.74) is 1.95. The van der Waals surface area contributed by atoms with Crippen LogP contribution in [0.4, 0.5) is 10.1 Å². The first-order chi connectivity index (χ1) is 8.81. The molecule has 0 aliphatic carbocycles. The summed E-state index contributed by atoms with van der Waals surface area (Å²) in [6.07, 6.45) is 2.43. The summed E-state index contributed by atoms with van der Waals surface area (Å²) in [5.74, 6) is 0.473. The Balaban J connectivity index is 1.60. The molecule has 0 radical (unpaired) electrons. The minimum absolute atomic E-state index is 0.0960. The van der Waals surface area contributed by atoms with Crippen molar-refractivity contribution in [1.29, 1.82) is 0 Å². The molecule has 18 heavy (non-hydrogen) atoms. The third-order valence-electron chi connectivity index (χ3n) is 2.97. The average Bonchev–Trinajstić information content (AvgIpc) is 2.79. The van der Waals surface area contributed by atoms with Crippen molar-refractivity contribution in [1.82, 2.24) is 4.98 Å². The Hall–Kier alpha value is -2.10. The van der Waals surface area contributed by atoms with Gasteiger partial charge in [-0.05, 0) is 17.7 Å². The molecule has 92 valence electrons. The van der Waals surface area contributed by atoms with E-state index >= 15 is 0 Å². The van der Waals surface area contributed by atoms with E-state index in [1.807, 2.05) is 18.2 Å². The van der Waals surface area contributed by atoms with E-state index in [1.54, 1.807) is 6.07 Å². The summed E-state index contributed by atoms with van der Waals surface area (Å²) in [7, 11) is 0. The molecular formula is C14H13FN2O. The Kier molecular flexibility index (Phi) is 2.84. The van der Waals surface area contributed by atoms with Gasteiger partial charge in [0, 0.05) is 24.4 Å². The van der Waals surface area contributed by atoms with E-state index in [-0.39, 0.29) is 6.10 Å². The lowest BCUT2D eigenvalue weighted by Gasteiger charge is -2.12. The lowest BCUT2D eigenvalue weighted by molar-refractivity contribution is 0.246. The predicted molar refractivity (Wildman–Crippen MR) is 67.2 cm³/mol. The number of aromatic nitrogens is 1. The van der Waals surface area contributed by atoms with Gasteiger partial charge in [0.05, 0.1) is 6.54 Å². The van der Waals surface area contributed by atoms with Gasteiger partial charge in [-0.1, -0.05) is 18.2 Å². The Labute approximate surface area is 105 Å². The molecular weight excluding hydrogens is 231 g/mol. The molecule has 0 amide bonds. The summed E-state index contributed by atoms with van der Waals surface area (Å²) >= 11 is 0. The lowest BCUT2D eigenvalue weighted by atomic mass is 10.1. The fourth-order valence-electron chi connectivity index (χ4n) is 2.11. The predicted octanol–water partition coefficient (Wildman–Crippen LogP) is 2.64. The minimum atomic E-state index is -0.476. The highest BCUT2D eigenvalue weighted by molar-refractivity contribution is 5.42. The number of rotatable bonds is 3. The maximum absolute atomic E-state index is 12.9. The molecule has 0 bridgehead atoms. The van der Waals surface area contributed by atoms with E-state index in [1.165, 1.54) is 17.8 Å². The highest BCUT2D eigenvalue weighted by atomic mass is 19.1. The van der Waals surface area contributed by atoms with Crippen LogP contribution in [0.25, 0.3) is 0 Å². The van der Waals surface area contributed by atoms with Crippen molar-refractivity contribution in [3.8, 4) is 5.75 Å². The number of nitrogens with zero attached hydrogens (tertiary/aromatic N) is 1. The first kappa shape index (κ1) is 11.0. The van der Waals surface area contributed by atoms with Gasteiger partial charge in [-0.2, -0.15) is 4.39 Å². The molecule has 2 aromatic rings. The highest BCUT2D eigenvalue weighted by Crippen LogP contribution is 2.28. The highest BCUT2D eigenvalue weighted by Gasteiger charge is 2.21. The van der Waals surface area contributed by atoms with Crippen LogP contribution in [-0.4, -0.2) is 17.6 Å². The first-order valence-electron chi connectivity index (χ1n) is 5.91. The van der Waals surface area contributed by atoms with Gasteiger partial charge in [-0.15, -0.1) is 0 Å². The van der Waals surface area contributed by atoms with Gasteiger partial charge in [0.25, 0.3) is 0 Å². The molecule has 3 rings (SSSR count). The smallest absolute Gasteiger partial charge is 0.214 e. The van der Waals surface area contributed by atoms with Crippen LogP contribution in [0, 0.1) is 5.95 Å².